The molecular weight excluding hydrogens is 450 g/mol. The van der Waals surface area contributed by atoms with Gasteiger partial charge in [0.25, 0.3) is 0 Å². The number of nitrogens with one attached hydrogen (secondary N) is 1. The molecule has 1 unspecified atom stereocenters. The molecule has 3 aromatic heterocycles. The fraction of sp³-hybridized carbons (Fsp3) is 0.464. The molecule has 1 aliphatic rings. The van der Waals surface area contributed by atoms with Gasteiger partial charge in [-0.25, -0.2) is 4.79 Å². The zero-order chi connectivity index (χ0) is 25.1. The van der Waals surface area contributed by atoms with Crippen molar-refractivity contribution in [1.29, 1.82) is 0 Å². The van der Waals surface area contributed by atoms with Gasteiger partial charge in [-0.15, -0.1) is 10.2 Å². The molecule has 1 N–H and O–H groups in total. The SMILES string of the molecule is CCCCc1cn(C2CCCCC2(C)C)c(=O)n1Cc1cnccc1-c1ccccc1-c1nn[nH]n1. The number of aryl methyl sites for hydroxylation is 1. The summed E-state index contributed by atoms with van der Waals surface area (Å²) in [7, 11) is 0. The van der Waals surface area contributed by atoms with Gasteiger partial charge in [0.2, 0.25) is 5.82 Å². The molecule has 0 saturated heterocycles. The van der Waals surface area contributed by atoms with Crippen molar-refractivity contribution in [2.75, 3.05) is 0 Å². The average Bonchev–Trinajstić information content (AvgIpc) is 3.52. The minimum absolute atomic E-state index is 0.0855. The highest BCUT2D eigenvalue weighted by Crippen LogP contribution is 2.43. The van der Waals surface area contributed by atoms with Crippen molar-refractivity contribution < 1.29 is 0 Å². The Kier molecular flexibility index (Phi) is 6.85. The number of aromatic amines is 1. The van der Waals surface area contributed by atoms with Crippen LogP contribution in [0.15, 0.2) is 53.7 Å². The van der Waals surface area contributed by atoms with Gasteiger partial charge >= 0.3 is 5.69 Å². The molecule has 8 heteroatoms. The van der Waals surface area contributed by atoms with Crippen molar-refractivity contribution >= 4 is 0 Å². The Balaban J connectivity index is 1.58. The van der Waals surface area contributed by atoms with Gasteiger partial charge in [-0.2, -0.15) is 5.21 Å². The van der Waals surface area contributed by atoms with Crippen LogP contribution < -0.4 is 5.69 Å². The van der Waals surface area contributed by atoms with E-state index >= 15 is 0 Å². The molecule has 8 nitrogen and oxygen atoms in total. The Labute approximate surface area is 211 Å². The van der Waals surface area contributed by atoms with E-state index in [1.165, 1.54) is 12.8 Å². The number of pyridine rings is 1. The van der Waals surface area contributed by atoms with Gasteiger partial charge in [-0.1, -0.05) is 64.3 Å². The largest absolute Gasteiger partial charge is 0.328 e. The summed E-state index contributed by atoms with van der Waals surface area (Å²) >= 11 is 0. The van der Waals surface area contributed by atoms with Crippen molar-refractivity contribution in [1.82, 2.24) is 34.7 Å². The fourth-order valence-electron chi connectivity index (χ4n) is 5.66. The monoisotopic (exact) mass is 485 g/mol. The lowest BCUT2D eigenvalue weighted by atomic mass is 9.73. The smallest absolute Gasteiger partial charge is 0.295 e. The number of hydrogen-bond donors (Lipinski definition) is 1. The summed E-state index contributed by atoms with van der Waals surface area (Å²) in [5.74, 6) is 0.542. The standard InChI is InChI=1S/C28H35N7O/c1-4-5-10-21-19-35(25-13-8-9-15-28(25,2)3)27(36)34(21)18-20-17-29-16-14-22(20)23-11-6-7-12-24(23)26-30-32-33-31-26/h6-7,11-12,14,16-17,19,25H,4-5,8-10,13,15,18H2,1-3H3,(H,30,31,32,33). The minimum Gasteiger partial charge on any atom is -0.295 e. The second-order valence-corrected chi connectivity index (χ2v) is 10.6. The van der Waals surface area contributed by atoms with Gasteiger partial charge in [-0.05, 0) is 59.1 Å². The molecule has 0 spiro atoms. The third kappa shape index (κ3) is 4.64. The quantitative estimate of drug-likeness (QED) is 0.359. The molecule has 4 aromatic rings. The predicted molar refractivity (Wildman–Crippen MR) is 141 cm³/mol. The molecule has 1 aliphatic carbocycles. The van der Waals surface area contributed by atoms with Gasteiger partial charge in [0, 0.05) is 35.9 Å². The molecule has 3 heterocycles. The van der Waals surface area contributed by atoms with Crippen LogP contribution in [0.25, 0.3) is 22.5 Å². The zero-order valence-corrected chi connectivity index (χ0v) is 21.4. The first-order valence-corrected chi connectivity index (χ1v) is 13.1. The highest BCUT2D eigenvalue weighted by molar-refractivity contribution is 5.81. The molecule has 0 aliphatic heterocycles. The summed E-state index contributed by atoms with van der Waals surface area (Å²) in [6.45, 7) is 7.28. The van der Waals surface area contributed by atoms with Gasteiger partial charge < -0.3 is 0 Å². The molecule has 0 radical (unpaired) electrons. The number of imidazole rings is 1. The number of rotatable bonds is 8. The second kappa shape index (κ2) is 10.2. The molecule has 1 saturated carbocycles. The number of benzene rings is 1. The van der Waals surface area contributed by atoms with Crippen LogP contribution in [-0.4, -0.2) is 34.7 Å². The van der Waals surface area contributed by atoms with E-state index in [1.807, 2.05) is 39.6 Å². The van der Waals surface area contributed by atoms with Gasteiger partial charge in [0.15, 0.2) is 0 Å². The van der Waals surface area contributed by atoms with E-state index in [0.717, 1.165) is 60.1 Å². The van der Waals surface area contributed by atoms with Crippen molar-refractivity contribution in [2.24, 2.45) is 5.41 Å². The number of hydrogen-bond acceptors (Lipinski definition) is 5. The van der Waals surface area contributed by atoms with E-state index in [2.05, 4.69) is 58.6 Å². The number of tetrazole rings is 1. The lowest BCUT2D eigenvalue weighted by Gasteiger charge is -2.38. The van der Waals surface area contributed by atoms with Crippen LogP contribution in [0.3, 0.4) is 0 Å². The van der Waals surface area contributed by atoms with Gasteiger partial charge in [0.1, 0.15) is 0 Å². The highest BCUT2D eigenvalue weighted by Gasteiger charge is 2.35. The molecule has 0 amide bonds. The zero-order valence-electron chi connectivity index (χ0n) is 21.4. The number of unbranched alkanes of at least 4 members (excludes halogenated alkanes) is 1. The first-order chi connectivity index (χ1) is 17.5. The average molecular weight is 486 g/mol. The summed E-state index contributed by atoms with van der Waals surface area (Å²) in [6, 6.07) is 10.3. The second-order valence-electron chi connectivity index (χ2n) is 10.6. The Bertz CT molecular complexity index is 1370. The van der Waals surface area contributed by atoms with E-state index in [9.17, 15) is 4.79 Å². The molecule has 188 valence electrons. The number of H-pyrrole nitrogens is 1. The van der Waals surface area contributed by atoms with E-state index in [1.54, 1.807) is 6.20 Å². The highest BCUT2D eigenvalue weighted by atomic mass is 16.1. The van der Waals surface area contributed by atoms with Crippen molar-refractivity contribution in [3.8, 4) is 22.5 Å². The third-order valence-electron chi connectivity index (χ3n) is 7.70. The van der Waals surface area contributed by atoms with Crippen molar-refractivity contribution in [3.05, 3.63) is 70.7 Å². The Morgan fingerprint density at radius 2 is 1.94 bits per heavy atom. The predicted octanol–water partition coefficient (Wildman–Crippen LogP) is 5.42. The lowest BCUT2D eigenvalue weighted by molar-refractivity contribution is 0.140. The molecule has 0 bridgehead atoms. The maximum atomic E-state index is 13.9. The van der Waals surface area contributed by atoms with Gasteiger partial charge in [0.05, 0.1) is 6.54 Å². The fourth-order valence-corrected chi connectivity index (χ4v) is 5.66. The van der Waals surface area contributed by atoms with Crippen molar-refractivity contribution in [3.63, 3.8) is 0 Å². The van der Waals surface area contributed by atoms with Crippen LogP contribution in [0.1, 0.15) is 76.6 Å². The van der Waals surface area contributed by atoms with E-state index in [4.69, 9.17) is 0 Å². The Morgan fingerprint density at radius 3 is 2.69 bits per heavy atom. The summed E-state index contributed by atoms with van der Waals surface area (Å²) in [5.41, 5.74) is 5.19. The lowest BCUT2D eigenvalue weighted by Crippen LogP contribution is -2.37. The van der Waals surface area contributed by atoms with E-state index in [0.29, 0.717) is 12.4 Å². The Morgan fingerprint density at radius 1 is 1.11 bits per heavy atom. The van der Waals surface area contributed by atoms with Gasteiger partial charge in [-0.3, -0.25) is 14.1 Å². The summed E-state index contributed by atoms with van der Waals surface area (Å²) in [6.07, 6.45) is 13.5. The molecular formula is C28H35N7O. The van der Waals surface area contributed by atoms with Crippen LogP contribution in [-0.2, 0) is 13.0 Å². The van der Waals surface area contributed by atoms with Crippen LogP contribution in [0, 0.1) is 5.41 Å². The number of aromatic nitrogens is 7. The molecule has 1 fully saturated rings. The first-order valence-electron chi connectivity index (χ1n) is 13.1. The molecule has 1 atom stereocenters. The summed E-state index contributed by atoms with van der Waals surface area (Å²) in [4.78, 5) is 18.3. The Hall–Kier alpha value is -3.55. The molecule has 5 rings (SSSR count). The molecule has 1 aromatic carbocycles. The van der Waals surface area contributed by atoms with E-state index in [-0.39, 0.29) is 17.1 Å². The van der Waals surface area contributed by atoms with Crippen LogP contribution >= 0.6 is 0 Å². The van der Waals surface area contributed by atoms with E-state index < -0.39 is 0 Å². The topological polar surface area (TPSA) is 94.3 Å². The third-order valence-corrected chi connectivity index (χ3v) is 7.70. The van der Waals surface area contributed by atoms with Crippen LogP contribution in [0.4, 0.5) is 0 Å². The minimum atomic E-state index is 0.0855. The molecule has 36 heavy (non-hydrogen) atoms. The van der Waals surface area contributed by atoms with Crippen molar-refractivity contribution in [2.45, 2.75) is 78.3 Å². The van der Waals surface area contributed by atoms with Crippen LogP contribution in [0.2, 0.25) is 0 Å². The first kappa shape index (κ1) is 24.2. The van der Waals surface area contributed by atoms with Crippen LogP contribution in [0.5, 0.6) is 0 Å². The summed E-state index contributed by atoms with van der Waals surface area (Å²) in [5, 5.41) is 14.7. The number of nitrogens with zero attached hydrogens (tertiary/aromatic N) is 6. The normalized spacial score (nSPS) is 17.4. The maximum Gasteiger partial charge on any atom is 0.328 e. The maximum absolute atomic E-state index is 13.9. The summed E-state index contributed by atoms with van der Waals surface area (Å²) < 4.78 is 4.01.